The van der Waals surface area contributed by atoms with Crippen LogP contribution in [0.4, 0.5) is 0 Å². The van der Waals surface area contributed by atoms with Crippen LogP contribution in [0.5, 0.6) is 5.75 Å². The summed E-state index contributed by atoms with van der Waals surface area (Å²) in [4.78, 5) is 0. The first-order valence-electron chi connectivity index (χ1n) is 4.73. The lowest BCUT2D eigenvalue weighted by atomic mass is 10.1. The summed E-state index contributed by atoms with van der Waals surface area (Å²) in [7, 11) is 0. The molecule has 0 bridgehead atoms. The number of phenolic OH excluding ortho intramolecular Hbond substituents is 1. The van der Waals surface area contributed by atoms with E-state index in [9.17, 15) is 5.11 Å². The lowest BCUT2D eigenvalue weighted by Crippen LogP contribution is -1.85. The Morgan fingerprint density at radius 3 is 2.00 bits per heavy atom. The van der Waals surface area contributed by atoms with Crippen LogP contribution in [0.2, 0.25) is 25.1 Å². The smallest absolute Gasteiger partial charge is 0.135 e. The number of hydrogen-bond donors (Lipinski definition) is 1. The maximum Gasteiger partial charge on any atom is 0.135 e. The average molecular weight is 342 g/mol. The summed E-state index contributed by atoms with van der Waals surface area (Å²) in [6.07, 6.45) is 0. The van der Waals surface area contributed by atoms with Crippen molar-refractivity contribution < 1.29 is 5.11 Å². The molecule has 0 radical (unpaired) electrons. The van der Waals surface area contributed by atoms with Gasteiger partial charge in [-0.25, -0.2) is 0 Å². The number of phenols is 1. The van der Waals surface area contributed by atoms with Crippen LogP contribution in [0.1, 0.15) is 0 Å². The van der Waals surface area contributed by atoms with Gasteiger partial charge in [0.15, 0.2) is 0 Å². The Balaban J connectivity index is 2.77. The van der Waals surface area contributed by atoms with Crippen molar-refractivity contribution in [3.05, 3.63) is 49.4 Å². The molecule has 0 fully saturated rings. The molecule has 2 aromatic carbocycles. The molecule has 0 saturated carbocycles. The normalized spacial score (nSPS) is 10.7. The maximum absolute atomic E-state index is 9.46. The van der Waals surface area contributed by atoms with Gasteiger partial charge in [-0.15, -0.1) is 0 Å². The highest BCUT2D eigenvalue weighted by molar-refractivity contribution is 6.47. The van der Waals surface area contributed by atoms with Gasteiger partial charge in [0.2, 0.25) is 0 Å². The second-order valence-corrected chi connectivity index (χ2v) is 5.51. The van der Waals surface area contributed by atoms with Gasteiger partial charge in [-0.05, 0) is 18.2 Å². The zero-order valence-corrected chi connectivity index (χ0v) is 12.4. The summed E-state index contributed by atoms with van der Waals surface area (Å²) >= 11 is 30.1. The minimum Gasteiger partial charge on any atom is -0.506 e. The van der Waals surface area contributed by atoms with Gasteiger partial charge in [0, 0.05) is 17.2 Å². The van der Waals surface area contributed by atoms with Crippen LogP contribution < -0.4 is 0 Å². The Morgan fingerprint density at radius 2 is 1.33 bits per heavy atom. The highest BCUT2D eigenvalue weighted by atomic mass is 35.5. The number of benzene rings is 2. The monoisotopic (exact) mass is 340 g/mol. The molecule has 1 N–H and O–H groups in total. The first kappa shape index (κ1) is 14.1. The second kappa shape index (κ2) is 5.36. The van der Waals surface area contributed by atoms with Crippen molar-refractivity contribution in [3.8, 4) is 16.9 Å². The van der Waals surface area contributed by atoms with Crippen molar-refractivity contribution in [3.63, 3.8) is 0 Å². The molecule has 0 heterocycles. The third kappa shape index (κ3) is 2.52. The zero-order valence-electron chi connectivity index (χ0n) is 8.65. The summed E-state index contributed by atoms with van der Waals surface area (Å²) in [6, 6.07) is 6.02. The highest BCUT2D eigenvalue weighted by Gasteiger charge is 2.16. The fourth-order valence-corrected chi connectivity index (χ4v) is 2.65. The standard InChI is InChI=1S/C12H5Cl5O/c13-6-1-2-7(14)12(17)11(6)5-3-9(16)10(18)4-8(5)15/h1-4,18H. The molecule has 0 aliphatic carbocycles. The number of rotatable bonds is 1. The molecule has 0 atom stereocenters. The first-order chi connectivity index (χ1) is 8.41. The van der Waals surface area contributed by atoms with Gasteiger partial charge < -0.3 is 5.11 Å². The molecule has 0 aliphatic heterocycles. The van der Waals surface area contributed by atoms with Crippen molar-refractivity contribution in [2.75, 3.05) is 0 Å². The van der Waals surface area contributed by atoms with Crippen LogP contribution in [-0.4, -0.2) is 5.11 Å². The third-order valence-electron chi connectivity index (χ3n) is 2.35. The minimum atomic E-state index is -0.111. The van der Waals surface area contributed by atoms with Crippen molar-refractivity contribution in [1.82, 2.24) is 0 Å². The molecule has 6 heteroatoms. The Kier molecular flexibility index (Phi) is 4.20. The van der Waals surface area contributed by atoms with Crippen molar-refractivity contribution in [1.29, 1.82) is 0 Å². The number of hydrogen-bond acceptors (Lipinski definition) is 1. The van der Waals surface area contributed by atoms with Crippen molar-refractivity contribution in [2.45, 2.75) is 0 Å². The Bertz CT molecular complexity index is 624. The highest BCUT2D eigenvalue weighted by Crippen LogP contribution is 2.44. The van der Waals surface area contributed by atoms with Gasteiger partial charge in [0.25, 0.3) is 0 Å². The van der Waals surface area contributed by atoms with Crippen molar-refractivity contribution in [2.24, 2.45) is 0 Å². The van der Waals surface area contributed by atoms with Crippen molar-refractivity contribution >= 4 is 58.0 Å². The Labute approximate surface area is 129 Å². The van der Waals surface area contributed by atoms with E-state index in [4.69, 9.17) is 58.0 Å². The molecular formula is C12H5Cl5O. The minimum absolute atomic E-state index is 0.111. The van der Waals surface area contributed by atoms with Crippen LogP contribution in [0.25, 0.3) is 11.1 Å². The van der Waals surface area contributed by atoms with Crippen LogP contribution in [0, 0.1) is 0 Å². The molecule has 0 amide bonds. The van der Waals surface area contributed by atoms with Gasteiger partial charge in [-0.1, -0.05) is 58.0 Å². The SMILES string of the molecule is Oc1cc(Cl)c(-c2c(Cl)ccc(Cl)c2Cl)cc1Cl. The van der Waals surface area contributed by atoms with E-state index >= 15 is 0 Å². The molecule has 0 aromatic heterocycles. The van der Waals surface area contributed by atoms with Crippen LogP contribution in [-0.2, 0) is 0 Å². The largest absolute Gasteiger partial charge is 0.506 e. The average Bonchev–Trinajstić information content (AvgIpc) is 2.31. The summed E-state index contributed by atoms with van der Waals surface area (Å²) in [6.45, 7) is 0. The van der Waals surface area contributed by atoms with E-state index in [-0.39, 0.29) is 20.8 Å². The van der Waals surface area contributed by atoms with E-state index in [1.165, 1.54) is 12.1 Å². The quantitative estimate of drug-likeness (QED) is 0.601. The molecule has 18 heavy (non-hydrogen) atoms. The number of aromatic hydroxyl groups is 1. The molecule has 0 saturated heterocycles. The predicted octanol–water partition coefficient (Wildman–Crippen LogP) is 6.33. The molecule has 94 valence electrons. The van der Waals surface area contributed by atoms with E-state index in [2.05, 4.69) is 0 Å². The lowest BCUT2D eigenvalue weighted by molar-refractivity contribution is 0.475. The van der Waals surface area contributed by atoms with Crippen LogP contribution in [0.3, 0.4) is 0 Å². The first-order valence-corrected chi connectivity index (χ1v) is 6.62. The number of halogens is 5. The fraction of sp³-hybridized carbons (Fsp3) is 0. The third-order valence-corrected chi connectivity index (χ3v) is 4.08. The molecule has 0 spiro atoms. The van der Waals surface area contributed by atoms with Gasteiger partial charge in [0.1, 0.15) is 5.75 Å². The lowest BCUT2D eigenvalue weighted by Gasteiger charge is -2.11. The van der Waals surface area contributed by atoms with E-state index < -0.39 is 0 Å². The van der Waals surface area contributed by atoms with E-state index in [1.54, 1.807) is 12.1 Å². The van der Waals surface area contributed by atoms with E-state index in [0.29, 0.717) is 21.2 Å². The maximum atomic E-state index is 9.46. The van der Waals surface area contributed by atoms with Gasteiger partial charge in [-0.2, -0.15) is 0 Å². The van der Waals surface area contributed by atoms with Gasteiger partial charge in [0.05, 0.1) is 25.1 Å². The van der Waals surface area contributed by atoms with Gasteiger partial charge >= 0.3 is 0 Å². The predicted molar refractivity (Wildman–Crippen MR) is 78.6 cm³/mol. The topological polar surface area (TPSA) is 20.2 Å². The van der Waals surface area contributed by atoms with Gasteiger partial charge in [-0.3, -0.25) is 0 Å². The van der Waals surface area contributed by atoms with E-state index in [0.717, 1.165) is 0 Å². The fourth-order valence-electron chi connectivity index (χ4n) is 1.50. The Morgan fingerprint density at radius 1 is 0.722 bits per heavy atom. The summed E-state index contributed by atoms with van der Waals surface area (Å²) in [5.41, 5.74) is 0.995. The second-order valence-electron chi connectivity index (χ2n) is 3.50. The molecule has 2 aromatic rings. The molecule has 0 aliphatic rings. The van der Waals surface area contributed by atoms with Crippen LogP contribution >= 0.6 is 58.0 Å². The molecule has 1 nitrogen and oxygen atoms in total. The zero-order chi connectivity index (χ0) is 13.4. The molecule has 2 rings (SSSR count). The summed E-state index contributed by atoms with van der Waals surface area (Å²) < 4.78 is 0. The summed E-state index contributed by atoms with van der Waals surface area (Å²) in [5.74, 6) is -0.111. The molecular weight excluding hydrogens is 337 g/mol. The van der Waals surface area contributed by atoms with Crippen LogP contribution in [0.15, 0.2) is 24.3 Å². The summed E-state index contributed by atoms with van der Waals surface area (Å²) in [5, 5.41) is 10.9. The Hall–Kier alpha value is -0.310. The van der Waals surface area contributed by atoms with E-state index in [1.807, 2.05) is 0 Å². The molecule has 0 unspecified atom stereocenters.